The summed E-state index contributed by atoms with van der Waals surface area (Å²) in [7, 11) is 1.62. The first-order valence-electron chi connectivity index (χ1n) is 7.65. The zero-order valence-corrected chi connectivity index (χ0v) is 13.6. The third-order valence-electron chi connectivity index (χ3n) is 4.39. The Kier molecular flexibility index (Phi) is 6.24. The van der Waals surface area contributed by atoms with Crippen molar-refractivity contribution in [1.29, 1.82) is 0 Å². The van der Waals surface area contributed by atoms with Gasteiger partial charge in [-0.25, -0.2) is 0 Å². The van der Waals surface area contributed by atoms with Gasteiger partial charge in [-0.1, -0.05) is 31.1 Å². The van der Waals surface area contributed by atoms with Crippen LogP contribution in [-0.2, 0) is 16.1 Å². The number of rotatable bonds is 6. The van der Waals surface area contributed by atoms with E-state index in [1.807, 2.05) is 38.1 Å². The molecule has 1 N–H and O–H groups in total. The molecular formula is C16H23N3O4. The molecule has 2 rings (SSSR count). The second kappa shape index (κ2) is 8.17. The largest absolute Gasteiger partial charge is 0.497 e. The minimum atomic E-state index is -0.647. The Hall–Kier alpha value is -1.79. The van der Waals surface area contributed by atoms with Crippen molar-refractivity contribution in [3.8, 4) is 5.75 Å². The maximum absolute atomic E-state index is 10.3. The van der Waals surface area contributed by atoms with Crippen LogP contribution in [0.25, 0.3) is 10.4 Å². The number of nitrogens with zero attached hydrogens (tertiary/aromatic N) is 3. The van der Waals surface area contributed by atoms with Gasteiger partial charge in [-0.2, -0.15) is 0 Å². The van der Waals surface area contributed by atoms with Crippen LogP contribution in [0, 0.1) is 11.8 Å². The van der Waals surface area contributed by atoms with Crippen LogP contribution in [0.5, 0.6) is 5.75 Å². The first kappa shape index (κ1) is 17.6. The van der Waals surface area contributed by atoms with Crippen LogP contribution >= 0.6 is 0 Å². The number of azide groups is 1. The molecule has 0 radical (unpaired) electrons. The molecule has 0 aliphatic carbocycles. The molecule has 1 heterocycles. The molecule has 1 fully saturated rings. The van der Waals surface area contributed by atoms with Crippen molar-refractivity contribution < 1.29 is 19.3 Å². The molecule has 1 aliphatic heterocycles. The number of benzene rings is 1. The Morgan fingerprint density at radius 3 is 2.57 bits per heavy atom. The van der Waals surface area contributed by atoms with Gasteiger partial charge in [0.1, 0.15) is 18.1 Å². The predicted octanol–water partition coefficient (Wildman–Crippen LogP) is 2.88. The summed E-state index contributed by atoms with van der Waals surface area (Å²) in [6.07, 6.45) is -1.73. The average Bonchev–Trinajstić information content (AvgIpc) is 2.57. The number of hydrogen-bond acceptors (Lipinski definition) is 5. The van der Waals surface area contributed by atoms with Crippen molar-refractivity contribution in [2.24, 2.45) is 17.0 Å². The first-order chi connectivity index (χ1) is 11.1. The molecule has 7 nitrogen and oxygen atoms in total. The van der Waals surface area contributed by atoms with Crippen LogP contribution in [0.2, 0.25) is 0 Å². The van der Waals surface area contributed by atoms with Crippen LogP contribution in [0.4, 0.5) is 0 Å². The highest BCUT2D eigenvalue weighted by Crippen LogP contribution is 2.31. The lowest BCUT2D eigenvalue weighted by Gasteiger charge is -2.40. The zero-order chi connectivity index (χ0) is 16.8. The predicted molar refractivity (Wildman–Crippen MR) is 84.8 cm³/mol. The lowest BCUT2D eigenvalue weighted by molar-refractivity contribution is -0.184. The standard InChI is InChI=1S/C16H23N3O4/c1-10-11(2)16(18-19-17)23-14(15(10)20)9-22-8-12-4-6-13(21-3)7-5-12/h4-7,10-11,14-16,20H,8-9H2,1-3H3/t10-,11?,14?,15-,16-/m1/s1. The molecule has 7 heteroatoms. The molecule has 126 valence electrons. The van der Waals surface area contributed by atoms with E-state index >= 15 is 0 Å². The van der Waals surface area contributed by atoms with Gasteiger partial charge in [-0.05, 0) is 35.1 Å². The Labute approximate surface area is 135 Å². The fraction of sp³-hybridized carbons (Fsp3) is 0.625. The molecule has 2 unspecified atom stereocenters. The molecule has 0 spiro atoms. The highest BCUT2D eigenvalue weighted by Gasteiger charge is 2.40. The van der Waals surface area contributed by atoms with E-state index in [1.165, 1.54) is 0 Å². The van der Waals surface area contributed by atoms with Crippen molar-refractivity contribution in [1.82, 2.24) is 0 Å². The number of ether oxygens (including phenoxy) is 3. The maximum atomic E-state index is 10.3. The molecule has 0 aromatic heterocycles. The van der Waals surface area contributed by atoms with E-state index in [2.05, 4.69) is 10.0 Å². The Bertz CT molecular complexity index is 545. The van der Waals surface area contributed by atoms with Crippen LogP contribution in [0.3, 0.4) is 0 Å². The molecule has 23 heavy (non-hydrogen) atoms. The second-order valence-corrected chi connectivity index (χ2v) is 5.84. The molecule has 1 saturated heterocycles. The van der Waals surface area contributed by atoms with E-state index in [1.54, 1.807) is 7.11 Å². The van der Waals surface area contributed by atoms with Crippen LogP contribution < -0.4 is 4.74 Å². The summed E-state index contributed by atoms with van der Waals surface area (Å²) in [4.78, 5) is 2.81. The van der Waals surface area contributed by atoms with E-state index in [-0.39, 0.29) is 18.4 Å². The summed E-state index contributed by atoms with van der Waals surface area (Å²) >= 11 is 0. The minimum absolute atomic E-state index is 0.0335. The maximum Gasteiger partial charge on any atom is 0.140 e. The van der Waals surface area contributed by atoms with Gasteiger partial charge < -0.3 is 19.3 Å². The Morgan fingerprint density at radius 1 is 1.26 bits per heavy atom. The zero-order valence-electron chi connectivity index (χ0n) is 13.6. The lowest BCUT2D eigenvalue weighted by atomic mass is 9.84. The fourth-order valence-corrected chi connectivity index (χ4v) is 2.63. The number of aliphatic hydroxyl groups is 1. The van der Waals surface area contributed by atoms with Gasteiger partial charge in [0, 0.05) is 4.91 Å². The van der Waals surface area contributed by atoms with Crippen molar-refractivity contribution in [3.05, 3.63) is 40.3 Å². The number of methoxy groups -OCH3 is 1. The van der Waals surface area contributed by atoms with Crippen LogP contribution in [0.15, 0.2) is 29.4 Å². The van der Waals surface area contributed by atoms with Gasteiger partial charge >= 0.3 is 0 Å². The van der Waals surface area contributed by atoms with E-state index < -0.39 is 18.4 Å². The van der Waals surface area contributed by atoms with Gasteiger partial charge in [-0.3, -0.25) is 0 Å². The Balaban J connectivity index is 1.89. The minimum Gasteiger partial charge on any atom is -0.497 e. The monoisotopic (exact) mass is 321 g/mol. The number of aliphatic hydroxyl groups excluding tert-OH is 1. The van der Waals surface area contributed by atoms with Crippen molar-refractivity contribution in [2.45, 2.75) is 38.9 Å². The van der Waals surface area contributed by atoms with E-state index in [0.717, 1.165) is 11.3 Å². The molecule has 0 amide bonds. The van der Waals surface area contributed by atoms with Crippen LogP contribution in [-0.4, -0.2) is 37.3 Å². The molecule has 1 aromatic carbocycles. The van der Waals surface area contributed by atoms with Gasteiger partial charge in [-0.15, -0.1) is 0 Å². The van der Waals surface area contributed by atoms with Gasteiger partial charge in [0.25, 0.3) is 0 Å². The highest BCUT2D eigenvalue weighted by atomic mass is 16.6. The topological polar surface area (TPSA) is 96.7 Å². The SMILES string of the molecule is COc1ccc(COCC2O[C@@H](N=[N+]=[N-])C(C)[C@@H](C)[C@H]2O)cc1. The highest BCUT2D eigenvalue weighted by molar-refractivity contribution is 5.26. The molecule has 1 aromatic rings. The normalized spacial score (nSPS) is 30.5. The lowest BCUT2D eigenvalue weighted by Crippen LogP contribution is -2.50. The first-order valence-corrected chi connectivity index (χ1v) is 7.65. The smallest absolute Gasteiger partial charge is 0.140 e. The van der Waals surface area contributed by atoms with Gasteiger partial charge in [0.15, 0.2) is 0 Å². The second-order valence-electron chi connectivity index (χ2n) is 5.84. The van der Waals surface area contributed by atoms with Crippen molar-refractivity contribution >= 4 is 0 Å². The average molecular weight is 321 g/mol. The van der Waals surface area contributed by atoms with E-state index in [4.69, 9.17) is 19.7 Å². The molecule has 0 bridgehead atoms. The van der Waals surface area contributed by atoms with E-state index in [9.17, 15) is 5.11 Å². The third kappa shape index (κ3) is 4.36. The summed E-state index contributed by atoms with van der Waals surface area (Å²) in [6, 6.07) is 7.58. The fourth-order valence-electron chi connectivity index (χ4n) is 2.63. The molecule has 0 saturated carbocycles. The Morgan fingerprint density at radius 2 is 1.96 bits per heavy atom. The van der Waals surface area contributed by atoms with Gasteiger partial charge in [0.05, 0.1) is 26.4 Å². The number of hydrogen-bond donors (Lipinski definition) is 1. The summed E-state index contributed by atoms with van der Waals surface area (Å²) in [5.74, 6) is 0.715. The molecule has 1 aliphatic rings. The van der Waals surface area contributed by atoms with Crippen LogP contribution in [0.1, 0.15) is 19.4 Å². The summed E-state index contributed by atoms with van der Waals surface area (Å²) in [5.41, 5.74) is 9.62. The van der Waals surface area contributed by atoms with Crippen molar-refractivity contribution in [2.75, 3.05) is 13.7 Å². The summed E-state index contributed by atoms with van der Waals surface area (Å²) in [6.45, 7) is 4.48. The third-order valence-corrected chi connectivity index (χ3v) is 4.39. The van der Waals surface area contributed by atoms with Gasteiger partial charge in [0.2, 0.25) is 0 Å². The molecule has 5 atom stereocenters. The summed E-state index contributed by atoms with van der Waals surface area (Å²) < 4.78 is 16.4. The quantitative estimate of drug-likeness (QED) is 0.495. The van der Waals surface area contributed by atoms with E-state index in [0.29, 0.717) is 6.61 Å². The summed E-state index contributed by atoms with van der Waals surface area (Å²) in [5, 5.41) is 14.0. The van der Waals surface area contributed by atoms with Crippen molar-refractivity contribution in [3.63, 3.8) is 0 Å². The molecular weight excluding hydrogens is 298 g/mol.